The van der Waals surface area contributed by atoms with Crippen LogP contribution in [0, 0.1) is 0 Å². The summed E-state index contributed by atoms with van der Waals surface area (Å²) in [4.78, 5) is 15.2. The minimum Gasteiger partial charge on any atom is -0.502 e. The lowest BCUT2D eigenvalue weighted by atomic mass is 9.58. The largest absolute Gasteiger partial charge is 0.502 e. The van der Waals surface area contributed by atoms with Gasteiger partial charge >= 0.3 is 0 Å². The second-order valence-electron chi connectivity index (χ2n) is 13.2. The molecular weight excluding hydrogens is 648 g/mol. The normalized spacial score (nSPS) is 13.0. The van der Waals surface area contributed by atoms with Gasteiger partial charge in [0.05, 0.1) is 11.0 Å². The molecule has 0 saturated carbocycles. The molecule has 5 nitrogen and oxygen atoms in total. The second-order valence-corrected chi connectivity index (χ2v) is 13.2. The number of nitrogens with zero attached hydrogens (tertiary/aromatic N) is 3. The first-order chi connectivity index (χ1) is 26.0. The lowest BCUT2D eigenvalue weighted by molar-refractivity contribution is 0.241. The van der Waals surface area contributed by atoms with Crippen LogP contribution in [0.25, 0.3) is 89.5 Å². The molecule has 0 N–H and O–H groups in total. The Kier molecular flexibility index (Phi) is 7.15. The van der Waals surface area contributed by atoms with E-state index in [2.05, 4.69) is 54.6 Å². The summed E-state index contributed by atoms with van der Waals surface area (Å²) in [7, 11) is 12.8. The van der Waals surface area contributed by atoms with Crippen LogP contribution in [-0.2, 0) is 5.40 Å². The van der Waals surface area contributed by atoms with Gasteiger partial charge in [0, 0.05) is 27.5 Å². The van der Waals surface area contributed by atoms with E-state index < -0.39 is 5.40 Å². The van der Waals surface area contributed by atoms with Crippen LogP contribution in [0.5, 0.6) is 5.75 Å². The first kappa shape index (κ1) is 31.1. The number of hydrogen-bond acceptors (Lipinski definition) is 5. The molecule has 0 bridgehead atoms. The average molecular weight is 675 g/mol. The molecule has 0 aliphatic carbocycles. The third-order valence-electron chi connectivity index (χ3n) is 9.89. The first-order valence-electron chi connectivity index (χ1n) is 17.4. The molecular formula is C46H27B2N3O2. The van der Waals surface area contributed by atoms with Crippen molar-refractivity contribution in [2.45, 2.75) is 5.40 Å². The molecule has 0 fully saturated rings. The Morgan fingerprint density at radius 2 is 1.04 bits per heavy atom. The van der Waals surface area contributed by atoms with E-state index in [-0.39, 0.29) is 0 Å². The van der Waals surface area contributed by atoms with Crippen LogP contribution in [0.2, 0.25) is 0 Å². The fraction of sp³-hybridized carbons (Fsp3) is 0.0217. The maximum Gasteiger partial charge on any atom is 0.167 e. The van der Waals surface area contributed by atoms with Crippen molar-refractivity contribution in [3.05, 3.63) is 169 Å². The van der Waals surface area contributed by atoms with Gasteiger partial charge < -0.3 is 9.15 Å². The van der Waals surface area contributed by atoms with Gasteiger partial charge in [0.1, 0.15) is 32.6 Å². The number of aromatic nitrogens is 3. The van der Waals surface area contributed by atoms with E-state index in [9.17, 15) is 0 Å². The summed E-state index contributed by atoms with van der Waals surface area (Å²) >= 11 is 0. The van der Waals surface area contributed by atoms with Gasteiger partial charge in [-0.2, -0.15) is 0 Å². The Morgan fingerprint density at radius 3 is 1.91 bits per heavy atom. The molecule has 10 rings (SSSR count). The molecule has 1 aliphatic heterocycles. The van der Waals surface area contributed by atoms with Gasteiger partial charge in [-0.25, -0.2) is 15.0 Å². The molecule has 244 valence electrons. The summed E-state index contributed by atoms with van der Waals surface area (Å²) < 4.78 is 12.5. The van der Waals surface area contributed by atoms with Crippen molar-refractivity contribution in [3.8, 4) is 73.3 Å². The molecule has 3 heterocycles. The van der Waals surface area contributed by atoms with Gasteiger partial charge in [0.25, 0.3) is 0 Å². The van der Waals surface area contributed by atoms with Crippen LogP contribution in [0.4, 0.5) is 0 Å². The number of para-hydroxylation sites is 2. The van der Waals surface area contributed by atoms with Gasteiger partial charge in [-0.15, -0.1) is 0 Å². The molecule has 2 aromatic heterocycles. The smallest absolute Gasteiger partial charge is 0.167 e. The summed E-state index contributed by atoms with van der Waals surface area (Å²) in [5.74, 6) is 2.29. The number of rotatable bonds is 5. The van der Waals surface area contributed by atoms with E-state index in [0.717, 1.165) is 77.6 Å². The Balaban J connectivity index is 1.12. The molecule has 0 atom stereocenters. The van der Waals surface area contributed by atoms with Gasteiger partial charge in [0.2, 0.25) is 0 Å². The molecule has 7 aromatic carbocycles. The highest BCUT2D eigenvalue weighted by molar-refractivity contribution is 6.40. The molecule has 1 aliphatic rings. The van der Waals surface area contributed by atoms with Crippen molar-refractivity contribution >= 4 is 37.6 Å². The molecule has 0 amide bonds. The fourth-order valence-corrected chi connectivity index (χ4v) is 7.36. The predicted octanol–water partition coefficient (Wildman–Crippen LogP) is 10.6. The summed E-state index contributed by atoms with van der Waals surface area (Å²) in [6.45, 7) is 0. The van der Waals surface area contributed by atoms with Crippen LogP contribution in [0.3, 0.4) is 0 Å². The van der Waals surface area contributed by atoms with Crippen molar-refractivity contribution in [3.63, 3.8) is 0 Å². The summed E-state index contributed by atoms with van der Waals surface area (Å²) in [5.41, 5.74) is 10.9. The fourth-order valence-electron chi connectivity index (χ4n) is 7.36. The number of benzene rings is 7. The number of fused-ring (bicyclic) bond motifs is 6. The van der Waals surface area contributed by atoms with Crippen molar-refractivity contribution in [1.82, 2.24) is 15.0 Å². The first-order valence-corrected chi connectivity index (χ1v) is 17.4. The molecule has 0 unspecified atom stereocenters. The van der Waals surface area contributed by atoms with Gasteiger partial charge in [0.15, 0.2) is 17.5 Å². The Labute approximate surface area is 308 Å². The van der Waals surface area contributed by atoms with Crippen LogP contribution < -0.4 is 4.74 Å². The Bertz CT molecular complexity index is 2850. The van der Waals surface area contributed by atoms with Gasteiger partial charge in [-0.3, -0.25) is 0 Å². The lowest BCUT2D eigenvalue weighted by Gasteiger charge is -2.37. The van der Waals surface area contributed by atoms with Crippen molar-refractivity contribution in [1.29, 1.82) is 0 Å². The van der Waals surface area contributed by atoms with Gasteiger partial charge in [-0.05, 0) is 57.6 Å². The van der Waals surface area contributed by atoms with Crippen molar-refractivity contribution in [2.24, 2.45) is 0 Å². The SMILES string of the molecule is [B]C1([B])Oc2cccc(-c3ccc(-c4nc(-c5cccc(-c6ccccc6)c5)nc(-c5cccc6c5oc5ccccc56)n4)cc3)c2-c2ccccc21. The Morgan fingerprint density at radius 1 is 0.434 bits per heavy atom. The minimum absolute atomic E-state index is 0.529. The quantitative estimate of drug-likeness (QED) is 0.170. The number of hydrogen-bond donors (Lipinski definition) is 0. The van der Waals surface area contributed by atoms with E-state index in [1.807, 2.05) is 109 Å². The number of ether oxygens (including phenoxy) is 1. The lowest BCUT2D eigenvalue weighted by Crippen LogP contribution is -2.37. The number of furan rings is 1. The predicted molar refractivity (Wildman–Crippen MR) is 214 cm³/mol. The molecule has 0 saturated heterocycles. The molecule has 53 heavy (non-hydrogen) atoms. The van der Waals surface area contributed by atoms with E-state index in [1.54, 1.807) is 0 Å². The highest BCUT2D eigenvalue weighted by atomic mass is 16.5. The van der Waals surface area contributed by atoms with Crippen LogP contribution in [0.1, 0.15) is 5.56 Å². The highest BCUT2D eigenvalue weighted by Gasteiger charge is 2.32. The third kappa shape index (κ3) is 5.32. The molecule has 7 heteroatoms. The maximum absolute atomic E-state index is 6.43. The van der Waals surface area contributed by atoms with Crippen LogP contribution in [0.15, 0.2) is 168 Å². The van der Waals surface area contributed by atoms with Gasteiger partial charge in [-0.1, -0.05) is 140 Å². The zero-order valence-electron chi connectivity index (χ0n) is 28.4. The van der Waals surface area contributed by atoms with E-state index in [0.29, 0.717) is 23.2 Å². The monoisotopic (exact) mass is 675 g/mol. The summed E-state index contributed by atoms with van der Waals surface area (Å²) in [6.07, 6.45) is 0. The average Bonchev–Trinajstić information content (AvgIpc) is 3.60. The zero-order valence-corrected chi connectivity index (χ0v) is 28.4. The highest BCUT2D eigenvalue weighted by Crippen LogP contribution is 2.47. The maximum atomic E-state index is 6.43. The standard InChI is InChI=1S/C46H27B2N3O2/c47-46(48)38-20-6-4-16-36(38)41-33(17-10-22-40(41)53-46)29-23-25-30(26-24-29)43-49-44(32-14-8-13-31(27-32)28-11-2-1-3-12-28)51-45(50-43)37-19-9-18-35-34-15-5-7-21-39(34)52-42(35)37/h1-27H. The molecule has 9 aromatic rings. The van der Waals surface area contributed by atoms with E-state index >= 15 is 0 Å². The van der Waals surface area contributed by atoms with Crippen molar-refractivity contribution < 1.29 is 9.15 Å². The van der Waals surface area contributed by atoms with Crippen molar-refractivity contribution in [2.75, 3.05) is 0 Å². The summed E-state index contributed by atoms with van der Waals surface area (Å²) in [6, 6.07) is 54.8. The Hall–Kier alpha value is -6.72. The van der Waals surface area contributed by atoms with E-state index in [4.69, 9.17) is 39.8 Å². The molecule has 4 radical (unpaired) electrons. The van der Waals surface area contributed by atoms with E-state index in [1.165, 1.54) is 0 Å². The third-order valence-corrected chi connectivity index (χ3v) is 9.89. The van der Waals surface area contributed by atoms with Crippen LogP contribution >= 0.6 is 0 Å². The minimum atomic E-state index is -1.42. The second kappa shape index (κ2) is 12.2. The summed E-state index contributed by atoms with van der Waals surface area (Å²) in [5, 5.41) is 0.632. The van der Waals surface area contributed by atoms with Crippen LogP contribution in [-0.4, -0.2) is 30.6 Å². The zero-order chi connectivity index (χ0) is 35.5. The molecule has 0 spiro atoms. The topological polar surface area (TPSA) is 61.0 Å².